The van der Waals surface area contributed by atoms with Gasteiger partial charge in [-0.2, -0.15) is 5.10 Å². The number of nitrogens with one attached hydrogen (secondary N) is 2. The summed E-state index contributed by atoms with van der Waals surface area (Å²) in [6.07, 6.45) is -2.95. The zero-order valence-corrected chi connectivity index (χ0v) is 51.2. The van der Waals surface area contributed by atoms with Crippen LogP contribution in [-0.4, -0.2) is 180 Å². The van der Waals surface area contributed by atoms with Crippen LogP contribution < -0.4 is 30.7 Å². The Morgan fingerprint density at radius 3 is 2.41 bits per heavy atom. The number of rotatable bonds is 27. The van der Waals surface area contributed by atoms with Gasteiger partial charge in [-0.1, -0.05) is 49.4 Å². The lowest BCUT2D eigenvalue weighted by Crippen LogP contribution is -2.64. The van der Waals surface area contributed by atoms with Crippen LogP contribution in [0.5, 0.6) is 11.5 Å². The Morgan fingerprint density at radius 1 is 0.878 bits per heavy atom. The summed E-state index contributed by atoms with van der Waals surface area (Å²) in [4.78, 5) is 63.9. The van der Waals surface area contributed by atoms with E-state index in [2.05, 4.69) is 29.5 Å². The SMILES string of the molecule is Cc1c(-c2ccc(N3CCc4cccc(C(=O)Nc5nc6ccccc6s5)c4C3)nc2C(=O)O)cnn1CC12CC3(C)CC(C)(C1)CC(OCCNC(C[C@H](O)CO)C(=O)OCc1ccc(O[C@@H]4O[C@H](C(=O)O)C(O)[C@H](O)[C@H]4O)cc1OCCOCCN)(C3)C2. The van der Waals surface area contributed by atoms with Crippen LogP contribution in [-0.2, 0) is 54.7 Å². The van der Waals surface area contributed by atoms with E-state index < -0.39 is 73.0 Å². The molecule has 6 aromatic rings. The molecule has 11 N–H and O–H groups in total. The Hall–Kier alpha value is -7.21. The third kappa shape index (κ3) is 13.8. The zero-order valence-electron chi connectivity index (χ0n) is 50.4. The Balaban J connectivity index is 0.740. The number of nitrogens with two attached hydrogens (primary N) is 1. The van der Waals surface area contributed by atoms with Crippen molar-refractivity contribution >= 4 is 56.3 Å². The molecule has 4 aliphatic carbocycles. The summed E-state index contributed by atoms with van der Waals surface area (Å²) in [6, 6.07) is 20.3. The average molecular weight is 1260 g/mol. The number of benzene rings is 3. The van der Waals surface area contributed by atoms with E-state index in [1.54, 1.807) is 18.3 Å². The van der Waals surface area contributed by atoms with Crippen LogP contribution in [0.3, 0.4) is 0 Å². The molecule has 4 bridgehead atoms. The van der Waals surface area contributed by atoms with E-state index in [1.165, 1.54) is 29.5 Å². The first kappa shape index (κ1) is 64.3. The normalized spacial score (nSPS) is 26.6. The summed E-state index contributed by atoms with van der Waals surface area (Å²) in [7, 11) is 0. The number of carbonyl (C=O) groups is 4. The summed E-state index contributed by atoms with van der Waals surface area (Å²) in [5.74, 6) is -3.10. The molecule has 6 aliphatic rings. The number of pyridine rings is 1. The van der Waals surface area contributed by atoms with E-state index >= 15 is 0 Å². The van der Waals surface area contributed by atoms with Gasteiger partial charge in [0.1, 0.15) is 54.9 Å². The van der Waals surface area contributed by atoms with Crippen molar-refractivity contribution in [3.05, 3.63) is 113 Å². The third-order valence-electron chi connectivity index (χ3n) is 18.1. The highest BCUT2D eigenvalue weighted by atomic mass is 32.1. The largest absolute Gasteiger partial charge is 0.491 e. The number of carboxylic acid groups (broad SMARTS) is 2. The van der Waals surface area contributed by atoms with Crippen molar-refractivity contribution < 1.29 is 83.3 Å². The van der Waals surface area contributed by atoms with E-state index in [4.69, 9.17) is 44.2 Å². The predicted octanol–water partition coefficient (Wildman–Crippen LogP) is 4.58. The van der Waals surface area contributed by atoms with E-state index in [-0.39, 0.29) is 91.9 Å². The Kier molecular flexibility index (Phi) is 19.0. The van der Waals surface area contributed by atoms with Crippen molar-refractivity contribution in [1.82, 2.24) is 25.1 Å². The van der Waals surface area contributed by atoms with Crippen LogP contribution in [0.4, 0.5) is 10.9 Å². The van der Waals surface area contributed by atoms with Crippen molar-refractivity contribution in [3.8, 4) is 22.6 Å². The van der Waals surface area contributed by atoms with Gasteiger partial charge in [0.15, 0.2) is 16.9 Å². The number of para-hydroxylation sites is 1. The molecule has 2 aliphatic heterocycles. The van der Waals surface area contributed by atoms with Gasteiger partial charge in [-0.15, -0.1) is 0 Å². The lowest BCUT2D eigenvalue weighted by Gasteiger charge is -2.69. The Bertz CT molecular complexity index is 3570. The average Bonchev–Trinajstić information content (AvgIpc) is 1.22. The second-order valence-electron chi connectivity index (χ2n) is 25.5. The number of anilines is 2. The number of aliphatic hydroxyl groups is 5. The van der Waals surface area contributed by atoms with Crippen LogP contribution >= 0.6 is 11.3 Å². The topological polar surface area (TPSA) is 362 Å². The van der Waals surface area contributed by atoms with Gasteiger partial charge in [0.25, 0.3) is 5.91 Å². The molecule has 0 radical (unpaired) electrons. The fourth-order valence-electron chi connectivity index (χ4n) is 15.3. The molecule has 5 heterocycles. The smallest absolute Gasteiger partial charge is 0.355 e. The quantitative estimate of drug-likeness (QED) is 0.0249. The number of amides is 1. The van der Waals surface area contributed by atoms with Crippen molar-refractivity contribution in [3.63, 3.8) is 0 Å². The van der Waals surface area contributed by atoms with Crippen LogP contribution in [0.1, 0.15) is 102 Å². The number of aromatic nitrogens is 4. The number of carbonyl (C=O) groups excluding carboxylic acids is 2. The Labute approximate surface area is 523 Å². The van der Waals surface area contributed by atoms with Crippen molar-refractivity contribution in [2.24, 2.45) is 22.0 Å². The molecule has 482 valence electrons. The maximum atomic E-state index is 13.9. The minimum absolute atomic E-state index is 0.0134. The number of esters is 1. The molecule has 4 saturated carbocycles. The van der Waals surface area contributed by atoms with Gasteiger partial charge in [0, 0.05) is 73.2 Å². The minimum Gasteiger partial charge on any atom is -0.491 e. The van der Waals surface area contributed by atoms with E-state index in [0.717, 1.165) is 65.6 Å². The zero-order chi connectivity index (χ0) is 63.7. The maximum Gasteiger partial charge on any atom is 0.355 e. The highest BCUT2D eigenvalue weighted by Gasteiger charge is 2.66. The molecule has 5 fully saturated rings. The number of ether oxygens (including phenoxy) is 6. The number of aromatic carboxylic acids is 1. The first-order chi connectivity index (χ1) is 43.1. The monoisotopic (exact) mass is 1260 g/mol. The van der Waals surface area contributed by atoms with Crippen LogP contribution in [0.2, 0.25) is 0 Å². The molecule has 12 rings (SSSR count). The molecule has 9 atom stereocenters. The lowest BCUT2D eigenvalue weighted by molar-refractivity contribution is -0.271. The standard InChI is InChI=1S/C64H78N8O17S/c1-36-43(41-13-14-49(69-50(41)56(79)80)71-18-15-37-7-6-8-42(44(37)26-71)55(78)70-60-68-45-9-4-5-10-48(45)90-60)25-67-72(36)35-63-30-61(2)29-62(3,31-63)33-64(32-61,34-63)87-20-17-66-46(23-39(74)27-73)58(83)86-28-38-11-12-40(24-47(38)85-22-21-84-19-16-65)88-59-53(77)51(75)52(76)54(89-59)57(81)82/h4-14,24-25,39,46,51-54,59,66,73-77H,15-23,26-35,65H2,1-3H3,(H,79,80)(H,81,82)(H,68,70,78)/t39-,46?,51-,52?,53+,54-,59+,61?,62?,63?,64?/m0/s1. The van der Waals surface area contributed by atoms with Gasteiger partial charge < -0.3 is 80.1 Å². The van der Waals surface area contributed by atoms with E-state index in [1.807, 2.05) is 59.0 Å². The fraction of sp³-hybridized carbons (Fsp3) is 0.516. The van der Waals surface area contributed by atoms with Crippen LogP contribution in [0, 0.1) is 23.2 Å². The van der Waals surface area contributed by atoms with Gasteiger partial charge in [0.2, 0.25) is 6.29 Å². The number of aliphatic carboxylic acids is 1. The maximum absolute atomic E-state index is 13.9. The summed E-state index contributed by atoms with van der Waals surface area (Å²) in [6.45, 7) is 8.33. The lowest BCUT2D eigenvalue weighted by atomic mass is 9.39. The molecule has 4 unspecified atom stereocenters. The van der Waals surface area contributed by atoms with Gasteiger partial charge in [0.05, 0.1) is 54.5 Å². The molecular formula is C64H78N8O17S. The molecular weight excluding hydrogens is 1180 g/mol. The first-order valence-electron chi connectivity index (χ1n) is 30.3. The fourth-order valence-corrected chi connectivity index (χ4v) is 16.2. The molecule has 0 spiro atoms. The highest BCUT2D eigenvalue weighted by molar-refractivity contribution is 7.22. The third-order valence-corrected chi connectivity index (χ3v) is 19.0. The molecule has 1 amide bonds. The number of aliphatic hydroxyl groups excluding tert-OH is 5. The minimum atomic E-state index is -1.92. The molecule has 3 aromatic heterocycles. The van der Waals surface area contributed by atoms with Crippen molar-refractivity contribution in [2.45, 2.75) is 140 Å². The summed E-state index contributed by atoms with van der Waals surface area (Å²) in [5, 5.41) is 83.4. The molecule has 25 nitrogen and oxygen atoms in total. The van der Waals surface area contributed by atoms with Crippen LogP contribution in [0.25, 0.3) is 21.3 Å². The number of thiazole rings is 1. The number of fused-ring (bicyclic) bond motifs is 2. The van der Waals surface area contributed by atoms with Gasteiger partial charge in [-0.05, 0) is 122 Å². The highest BCUT2D eigenvalue weighted by Crippen LogP contribution is 2.72. The summed E-state index contributed by atoms with van der Waals surface area (Å²) >= 11 is 1.41. The first-order valence-corrected chi connectivity index (χ1v) is 31.2. The van der Waals surface area contributed by atoms with E-state index in [0.29, 0.717) is 59.3 Å². The molecule has 1 saturated heterocycles. The second-order valence-corrected chi connectivity index (χ2v) is 26.5. The summed E-state index contributed by atoms with van der Waals surface area (Å²) in [5.41, 5.74) is 10.2. The molecule has 3 aromatic carbocycles. The second kappa shape index (κ2) is 26.6. The van der Waals surface area contributed by atoms with E-state index in [9.17, 15) is 54.9 Å². The van der Waals surface area contributed by atoms with Crippen molar-refractivity contribution in [2.75, 3.05) is 62.9 Å². The Morgan fingerprint density at radius 2 is 1.67 bits per heavy atom. The van der Waals surface area contributed by atoms with Gasteiger partial charge in [-0.3, -0.25) is 19.6 Å². The predicted molar refractivity (Wildman–Crippen MR) is 327 cm³/mol. The summed E-state index contributed by atoms with van der Waals surface area (Å²) < 4.78 is 38.2. The van der Waals surface area contributed by atoms with Gasteiger partial charge in [-0.25, -0.2) is 19.6 Å². The van der Waals surface area contributed by atoms with Gasteiger partial charge >= 0.3 is 17.9 Å². The number of nitrogens with zero attached hydrogens (tertiary/aromatic N) is 5. The molecule has 90 heavy (non-hydrogen) atoms. The van der Waals surface area contributed by atoms with Crippen molar-refractivity contribution in [1.29, 1.82) is 0 Å². The number of hydrogen-bond acceptors (Lipinski definition) is 22. The molecule has 26 heteroatoms. The van der Waals surface area contributed by atoms with Crippen LogP contribution in [0.15, 0.2) is 79.0 Å². The number of carboxylic acids is 2. The number of hydrogen-bond donors (Lipinski definition) is 10.